The van der Waals surface area contributed by atoms with E-state index in [9.17, 15) is 5.26 Å². The standard InChI is InChI=1S/C34H51N/c1-3-5-7-9-11-16-24-34(27-19-31(20-28-34)30-17-13-12-14-18-30)32-21-25-33(29-35,26-22-32)23-15-10-8-6-4-2/h12-14,17-20,27-28,31-32H,3-11,15-16,21-26H2,1-2H3. The lowest BCUT2D eigenvalue weighted by Crippen LogP contribution is -2.35. The Morgan fingerprint density at radius 2 is 1.29 bits per heavy atom. The number of rotatable bonds is 15. The molecule has 2 aliphatic carbocycles. The fourth-order valence-corrected chi connectivity index (χ4v) is 6.63. The first-order chi connectivity index (χ1) is 17.2. The molecule has 1 fully saturated rings. The van der Waals surface area contributed by atoms with Crippen LogP contribution in [0.3, 0.4) is 0 Å². The first-order valence-electron chi connectivity index (χ1n) is 15.0. The quantitative estimate of drug-likeness (QED) is 0.183. The smallest absolute Gasteiger partial charge is 0.0689 e. The maximum Gasteiger partial charge on any atom is 0.0689 e. The second-order valence-corrected chi connectivity index (χ2v) is 11.6. The summed E-state index contributed by atoms with van der Waals surface area (Å²) in [6.07, 6.45) is 31.8. The Balaban J connectivity index is 1.63. The SMILES string of the molecule is CCCCCCCCC1(C2CCC(C#N)(CCCCCCC)CC2)C=CC(c2ccccc2)C=C1. The van der Waals surface area contributed by atoms with Crippen molar-refractivity contribution in [2.75, 3.05) is 0 Å². The second kappa shape index (κ2) is 14.7. The summed E-state index contributed by atoms with van der Waals surface area (Å²) in [6, 6.07) is 13.7. The van der Waals surface area contributed by atoms with Crippen molar-refractivity contribution in [3.05, 3.63) is 60.2 Å². The van der Waals surface area contributed by atoms with Crippen LogP contribution in [0.2, 0.25) is 0 Å². The number of benzene rings is 1. The molecular weight excluding hydrogens is 422 g/mol. The van der Waals surface area contributed by atoms with Crippen LogP contribution in [0.4, 0.5) is 0 Å². The Morgan fingerprint density at radius 1 is 0.743 bits per heavy atom. The molecule has 1 heteroatoms. The summed E-state index contributed by atoms with van der Waals surface area (Å²) in [5.74, 6) is 1.09. The fourth-order valence-electron chi connectivity index (χ4n) is 6.63. The number of hydrogen-bond acceptors (Lipinski definition) is 1. The van der Waals surface area contributed by atoms with Crippen molar-refractivity contribution in [1.29, 1.82) is 5.26 Å². The van der Waals surface area contributed by atoms with E-state index in [1.54, 1.807) is 0 Å². The minimum atomic E-state index is -0.0568. The summed E-state index contributed by atoms with van der Waals surface area (Å²) < 4.78 is 0. The lowest BCUT2D eigenvalue weighted by molar-refractivity contribution is 0.127. The third-order valence-corrected chi connectivity index (χ3v) is 9.07. The number of nitriles is 1. The van der Waals surface area contributed by atoms with Gasteiger partial charge in [-0.05, 0) is 50.0 Å². The van der Waals surface area contributed by atoms with Gasteiger partial charge in [0.05, 0.1) is 11.5 Å². The summed E-state index contributed by atoms with van der Waals surface area (Å²) in [7, 11) is 0. The molecule has 0 aromatic heterocycles. The fraction of sp³-hybridized carbons (Fsp3) is 0.676. The molecule has 1 aromatic rings. The molecule has 0 bridgehead atoms. The molecule has 0 radical (unpaired) electrons. The molecule has 2 aliphatic rings. The molecule has 0 N–H and O–H groups in total. The molecule has 0 atom stereocenters. The van der Waals surface area contributed by atoms with E-state index < -0.39 is 0 Å². The molecule has 0 heterocycles. The molecule has 1 saturated carbocycles. The monoisotopic (exact) mass is 473 g/mol. The van der Waals surface area contributed by atoms with E-state index in [0.29, 0.717) is 11.8 Å². The summed E-state index contributed by atoms with van der Waals surface area (Å²) in [5.41, 5.74) is 1.53. The maximum atomic E-state index is 10.1. The van der Waals surface area contributed by atoms with Crippen LogP contribution in [0.15, 0.2) is 54.6 Å². The molecule has 192 valence electrons. The number of allylic oxidation sites excluding steroid dienone is 4. The normalized spacial score (nSPS) is 28.1. The van der Waals surface area contributed by atoms with Gasteiger partial charge in [0.2, 0.25) is 0 Å². The van der Waals surface area contributed by atoms with E-state index in [1.165, 1.54) is 95.5 Å². The average Bonchev–Trinajstić information content (AvgIpc) is 2.92. The zero-order valence-corrected chi connectivity index (χ0v) is 22.8. The molecule has 1 aromatic carbocycles. The maximum absolute atomic E-state index is 10.1. The number of hydrogen-bond donors (Lipinski definition) is 0. The van der Waals surface area contributed by atoms with Gasteiger partial charge in [-0.3, -0.25) is 0 Å². The van der Waals surface area contributed by atoms with Crippen LogP contribution in [0.5, 0.6) is 0 Å². The van der Waals surface area contributed by atoms with E-state index in [-0.39, 0.29) is 10.8 Å². The van der Waals surface area contributed by atoms with E-state index in [2.05, 4.69) is 74.6 Å². The van der Waals surface area contributed by atoms with Crippen molar-refractivity contribution in [1.82, 2.24) is 0 Å². The van der Waals surface area contributed by atoms with Crippen LogP contribution in [-0.4, -0.2) is 0 Å². The predicted octanol–water partition coefficient (Wildman–Crippen LogP) is 10.7. The Bertz CT molecular complexity index is 789. The lowest BCUT2D eigenvalue weighted by atomic mass is 9.59. The van der Waals surface area contributed by atoms with Crippen molar-refractivity contribution >= 4 is 0 Å². The predicted molar refractivity (Wildman–Crippen MR) is 151 cm³/mol. The van der Waals surface area contributed by atoms with E-state index in [1.807, 2.05) is 0 Å². The Morgan fingerprint density at radius 3 is 1.86 bits per heavy atom. The van der Waals surface area contributed by atoms with Gasteiger partial charge in [0, 0.05) is 11.3 Å². The van der Waals surface area contributed by atoms with E-state index in [4.69, 9.17) is 0 Å². The van der Waals surface area contributed by atoms with Crippen LogP contribution in [0.25, 0.3) is 0 Å². The average molecular weight is 474 g/mol. The van der Waals surface area contributed by atoms with Gasteiger partial charge in [0.15, 0.2) is 0 Å². The summed E-state index contributed by atoms with van der Waals surface area (Å²) in [6.45, 7) is 4.57. The molecule has 0 unspecified atom stereocenters. The Labute approximate surface area is 217 Å². The molecule has 3 rings (SSSR count). The van der Waals surface area contributed by atoms with Gasteiger partial charge < -0.3 is 0 Å². The summed E-state index contributed by atoms with van der Waals surface area (Å²) in [5, 5.41) is 10.1. The van der Waals surface area contributed by atoms with Gasteiger partial charge in [-0.25, -0.2) is 0 Å². The Hall–Kier alpha value is -1.81. The molecule has 0 spiro atoms. The van der Waals surface area contributed by atoms with E-state index in [0.717, 1.165) is 19.3 Å². The summed E-state index contributed by atoms with van der Waals surface area (Å²) >= 11 is 0. The molecular formula is C34H51N. The van der Waals surface area contributed by atoms with Crippen LogP contribution in [0, 0.1) is 28.1 Å². The number of unbranched alkanes of at least 4 members (excludes halogenated alkanes) is 9. The molecule has 0 saturated heterocycles. The van der Waals surface area contributed by atoms with E-state index >= 15 is 0 Å². The van der Waals surface area contributed by atoms with Crippen LogP contribution >= 0.6 is 0 Å². The second-order valence-electron chi connectivity index (χ2n) is 11.6. The van der Waals surface area contributed by atoms with Gasteiger partial charge >= 0.3 is 0 Å². The largest absolute Gasteiger partial charge is 0.198 e. The first-order valence-corrected chi connectivity index (χ1v) is 15.0. The Kier molecular flexibility index (Phi) is 11.6. The van der Waals surface area contributed by atoms with Crippen molar-refractivity contribution in [3.8, 4) is 6.07 Å². The first kappa shape index (κ1) is 27.8. The van der Waals surface area contributed by atoms with Crippen LogP contribution < -0.4 is 0 Å². The van der Waals surface area contributed by atoms with Gasteiger partial charge in [0.25, 0.3) is 0 Å². The topological polar surface area (TPSA) is 23.8 Å². The molecule has 1 nitrogen and oxygen atoms in total. The van der Waals surface area contributed by atoms with Crippen molar-refractivity contribution in [3.63, 3.8) is 0 Å². The van der Waals surface area contributed by atoms with Crippen molar-refractivity contribution in [2.45, 2.75) is 129 Å². The highest BCUT2D eigenvalue weighted by molar-refractivity contribution is 5.34. The highest BCUT2D eigenvalue weighted by Crippen LogP contribution is 2.52. The highest BCUT2D eigenvalue weighted by Gasteiger charge is 2.42. The molecule has 35 heavy (non-hydrogen) atoms. The summed E-state index contributed by atoms with van der Waals surface area (Å²) in [4.78, 5) is 0. The van der Waals surface area contributed by atoms with Crippen molar-refractivity contribution < 1.29 is 0 Å². The third-order valence-electron chi connectivity index (χ3n) is 9.07. The minimum absolute atomic E-state index is 0.0568. The molecule has 0 amide bonds. The van der Waals surface area contributed by atoms with Gasteiger partial charge in [-0.1, -0.05) is 139 Å². The third kappa shape index (κ3) is 8.10. The minimum Gasteiger partial charge on any atom is -0.198 e. The highest BCUT2D eigenvalue weighted by atomic mass is 14.5. The van der Waals surface area contributed by atoms with Gasteiger partial charge in [-0.15, -0.1) is 0 Å². The number of nitrogens with zero attached hydrogens (tertiary/aromatic N) is 1. The lowest BCUT2D eigenvalue weighted by Gasteiger charge is -2.45. The van der Waals surface area contributed by atoms with Gasteiger partial charge in [-0.2, -0.15) is 5.26 Å². The van der Waals surface area contributed by atoms with Crippen molar-refractivity contribution in [2.24, 2.45) is 16.7 Å². The van der Waals surface area contributed by atoms with Crippen LogP contribution in [-0.2, 0) is 0 Å². The zero-order valence-electron chi connectivity index (χ0n) is 22.8. The zero-order chi connectivity index (χ0) is 24.8. The van der Waals surface area contributed by atoms with Crippen LogP contribution in [0.1, 0.15) is 134 Å². The van der Waals surface area contributed by atoms with Gasteiger partial charge in [0.1, 0.15) is 0 Å². The molecule has 0 aliphatic heterocycles.